The molecule has 0 fully saturated rings. The first-order valence-electron chi connectivity index (χ1n) is 3.20. The number of thiocarbonyl (C=S) groups is 1. The Morgan fingerprint density at radius 2 is 2.30 bits per heavy atom. The summed E-state index contributed by atoms with van der Waals surface area (Å²) in [6.45, 7) is 0. The predicted octanol–water partition coefficient (Wildman–Crippen LogP) is -0.0500. The number of nitrogens with two attached hydrogens (primary N) is 1. The van der Waals surface area contributed by atoms with Crippen molar-refractivity contribution in [2.75, 3.05) is 0 Å². The van der Waals surface area contributed by atoms with Crippen LogP contribution in [0.4, 0.5) is 0 Å². The molecule has 55 valence electrons. The van der Waals surface area contributed by atoms with Crippen LogP contribution in [0.25, 0.3) is 0 Å². The van der Waals surface area contributed by atoms with Gasteiger partial charge in [-0.15, -0.1) is 0 Å². The maximum Gasteiger partial charge on any atom is 0.544 e. The third kappa shape index (κ3) is 1.58. The highest BCUT2D eigenvalue weighted by atomic mass is 32.2. The van der Waals surface area contributed by atoms with Gasteiger partial charge in [0, 0.05) is 18.4 Å². The molecule has 0 aromatic rings. The minimum atomic E-state index is 0.822. The van der Waals surface area contributed by atoms with E-state index in [1.54, 1.807) is 0 Å². The van der Waals surface area contributed by atoms with E-state index in [-0.39, 0.29) is 0 Å². The van der Waals surface area contributed by atoms with Crippen molar-refractivity contribution >= 4 is 28.4 Å². The molecule has 5 N–H and O–H groups in total. The third-order valence-corrected chi connectivity index (χ3v) is 2.68. The average Bonchev–Trinajstić information content (AvgIpc) is 2.34. The monoisotopic (exact) mass is 175 g/mol. The smallest absolute Gasteiger partial charge is 0.328 e. The summed E-state index contributed by atoms with van der Waals surface area (Å²) in [5.74, 6) is 0. The molecule has 0 heterocycles. The van der Waals surface area contributed by atoms with E-state index < -0.39 is 0 Å². The molecule has 0 atom stereocenters. The van der Waals surface area contributed by atoms with Crippen LogP contribution in [0.3, 0.4) is 0 Å². The fourth-order valence-electron chi connectivity index (χ4n) is 1.12. The summed E-state index contributed by atoms with van der Waals surface area (Å²) < 4.78 is 0.822. The molecule has 0 aromatic heterocycles. The summed E-state index contributed by atoms with van der Waals surface area (Å²) in [4.78, 5) is 0. The Hall–Kier alpha value is 0.100. The van der Waals surface area contributed by atoms with Crippen LogP contribution in [0.15, 0.2) is 11.3 Å². The Balaban J connectivity index is 2.71. The molecular weight excluding hydrogens is 164 g/mol. The Morgan fingerprint density at radius 1 is 1.60 bits per heavy atom. The van der Waals surface area contributed by atoms with Gasteiger partial charge in [0.1, 0.15) is 5.70 Å². The van der Waals surface area contributed by atoms with Crippen LogP contribution in [-0.2, 0) is 12.2 Å². The lowest BCUT2D eigenvalue weighted by atomic mass is 10.2. The number of rotatable bonds is 1. The van der Waals surface area contributed by atoms with E-state index in [0.29, 0.717) is 0 Å². The van der Waals surface area contributed by atoms with Gasteiger partial charge in [-0.05, 0) is 12.8 Å². The van der Waals surface area contributed by atoms with E-state index in [0.717, 1.165) is 29.0 Å². The molecule has 0 aromatic carbocycles. The second-order valence-electron chi connectivity index (χ2n) is 2.34. The summed E-state index contributed by atoms with van der Waals surface area (Å²) >= 11 is 6.19. The Bertz CT molecular complexity index is 186. The molecule has 1 radical (unpaired) electrons. The first-order chi connectivity index (χ1) is 4.75. The fraction of sp³-hybridized carbons (Fsp3) is 0.500. The molecule has 0 bridgehead atoms. The van der Waals surface area contributed by atoms with Crippen molar-refractivity contribution in [3.05, 3.63) is 11.3 Å². The summed E-state index contributed by atoms with van der Waals surface area (Å²) in [6.07, 6.45) is 3.35. The van der Waals surface area contributed by atoms with Crippen LogP contribution in [0, 0.1) is 0 Å². The van der Waals surface area contributed by atoms with Crippen LogP contribution in [-0.4, -0.2) is 4.20 Å². The van der Waals surface area contributed by atoms with Crippen molar-refractivity contribution < 1.29 is 5.73 Å². The highest BCUT2D eigenvalue weighted by molar-refractivity contribution is 8.19. The highest BCUT2D eigenvalue weighted by Crippen LogP contribution is 2.23. The van der Waals surface area contributed by atoms with Crippen LogP contribution < -0.4 is 10.9 Å². The molecule has 1 aliphatic carbocycles. The first-order valence-corrected chi connectivity index (χ1v) is 4.49. The van der Waals surface area contributed by atoms with Gasteiger partial charge in [-0.25, -0.2) is 0 Å². The zero-order valence-electron chi connectivity index (χ0n) is 5.72. The van der Waals surface area contributed by atoms with Gasteiger partial charge in [-0.1, -0.05) is 0 Å². The Kier molecular flexibility index (Phi) is 2.85. The van der Waals surface area contributed by atoms with Gasteiger partial charge in [-0.2, -0.15) is 0 Å². The lowest BCUT2D eigenvalue weighted by Crippen LogP contribution is -2.47. The van der Waals surface area contributed by atoms with Gasteiger partial charge < -0.3 is 5.73 Å². The summed E-state index contributed by atoms with van der Waals surface area (Å²) in [7, 11) is 0. The maximum atomic E-state index is 5.33. The average molecular weight is 175 g/mol. The molecule has 1 aliphatic rings. The summed E-state index contributed by atoms with van der Waals surface area (Å²) in [6, 6.07) is 0. The molecular formula is C6H11N2S2+2. The van der Waals surface area contributed by atoms with Crippen LogP contribution in [0.2, 0.25) is 0 Å². The number of allylic oxidation sites excluding steroid dienone is 1. The lowest BCUT2D eigenvalue weighted by Gasteiger charge is -1.88. The molecule has 4 heteroatoms. The van der Waals surface area contributed by atoms with Gasteiger partial charge in [-0.3, -0.25) is 5.14 Å². The molecule has 0 spiro atoms. The molecule has 2 nitrogen and oxygen atoms in total. The summed E-state index contributed by atoms with van der Waals surface area (Å²) in [5.41, 5.74) is 6.31. The van der Waals surface area contributed by atoms with E-state index in [9.17, 15) is 0 Å². The van der Waals surface area contributed by atoms with Crippen molar-refractivity contribution in [3.8, 4) is 0 Å². The zero-order valence-corrected chi connectivity index (χ0v) is 7.36. The fourth-order valence-corrected chi connectivity index (χ4v) is 1.76. The minimum absolute atomic E-state index is 0.822. The maximum absolute atomic E-state index is 5.33. The standard InChI is InChI=1S/C6H10N2S2/c7-5-3-1-2-4(5)6(9)10-8/h1-3,7-8H2/q+1/p+1. The highest BCUT2D eigenvalue weighted by Gasteiger charge is 2.25. The number of quaternary nitrogens is 1. The molecule has 0 unspecified atom stereocenters. The van der Waals surface area contributed by atoms with E-state index in [1.165, 1.54) is 17.7 Å². The van der Waals surface area contributed by atoms with Gasteiger partial charge in [0.05, 0.1) is 5.57 Å². The Morgan fingerprint density at radius 3 is 2.70 bits per heavy atom. The first kappa shape index (κ1) is 8.20. The van der Waals surface area contributed by atoms with Crippen molar-refractivity contribution in [1.82, 2.24) is 0 Å². The Labute approximate surface area is 70.2 Å². The lowest BCUT2D eigenvalue weighted by molar-refractivity contribution is -0.305. The van der Waals surface area contributed by atoms with Crippen LogP contribution >= 0.6 is 11.9 Å². The number of hydrogen-bond acceptors (Lipinski definition) is 3. The van der Waals surface area contributed by atoms with E-state index in [1.807, 2.05) is 0 Å². The van der Waals surface area contributed by atoms with Crippen molar-refractivity contribution in [2.24, 2.45) is 5.14 Å². The van der Waals surface area contributed by atoms with Gasteiger partial charge in [0.15, 0.2) is 0 Å². The second-order valence-corrected chi connectivity index (χ2v) is 3.65. The van der Waals surface area contributed by atoms with Gasteiger partial charge in [0.2, 0.25) is 0 Å². The largest absolute Gasteiger partial charge is 0.544 e. The molecule has 0 saturated heterocycles. The molecule has 0 aliphatic heterocycles. The molecule has 10 heavy (non-hydrogen) atoms. The quantitative estimate of drug-likeness (QED) is 0.334. The van der Waals surface area contributed by atoms with Crippen LogP contribution in [0.1, 0.15) is 19.3 Å². The predicted molar refractivity (Wildman–Crippen MR) is 47.9 cm³/mol. The van der Waals surface area contributed by atoms with E-state index >= 15 is 0 Å². The SMILES string of the molecule is NSC(=[S+])C1=C([NH3+])CCC1. The zero-order chi connectivity index (χ0) is 7.56. The van der Waals surface area contributed by atoms with Crippen molar-refractivity contribution in [2.45, 2.75) is 19.3 Å². The third-order valence-electron chi connectivity index (χ3n) is 1.69. The molecule has 0 saturated carbocycles. The normalized spacial score (nSPS) is 18.2. The second kappa shape index (κ2) is 3.48. The van der Waals surface area contributed by atoms with Crippen molar-refractivity contribution in [3.63, 3.8) is 0 Å². The van der Waals surface area contributed by atoms with Gasteiger partial charge >= 0.3 is 16.4 Å². The molecule has 0 amide bonds. The minimum Gasteiger partial charge on any atom is -0.328 e. The summed E-state index contributed by atoms with van der Waals surface area (Å²) in [5, 5.41) is 5.33. The van der Waals surface area contributed by atoms with Gasteiger partial charge in [0.25, 0.3) is 0 Å². The topological polar surface area (TPSA) is 53.7 Å². The van der Waals surface area contributed by atoms with Crippen LogP contribution in [0.5, 0.6) is 0 Å². The number of hydrogen-bond donors (Lipinski definition) is 2. The van der Waals surface area contributed by atoms with E-state index in [4.69, 9.17) is 17.4 Å². The molecule has 1 rings (SSSR count). The van der Waals surface area contributed by atoms with E-state index in [2.05, 4.69) is 5.73 Å². The van der Waals surface area contributed by atoms with Crippen molar-refractivity contribution in [1.29, 1.82) is 0 Å².